The number of nitrogens with two attached hydrogens (primary N) is 1. The first kappa shape index (κ1) is 7.64. The minimum Gasteiger partial charge on any atom is -0.329 e. The lowest BCUT2D eigenvalue weighted by Gasteiger charge is -1.88. The van der Waals surface area contributed by atoms with Gasteiger partial charge < -0.3 is 10.8 Å². The summed E-state index contributed by atoms with van der Waals surface area (Å²) in [5, 5.41) is 4.28. The molecule has 2 aromatic rings. The van der Waals surface area contributed by atoms with Crippen molar-refractivity contribution < 1.29 is 0 Å². The molecule has 0 saturated carbocycles. The van der Waals surface area contributed by atoms with Crippen LogP contribution in [0.15, 0.2) is 23.3 Å². The summed E-state index contributed by atoms with van der Waals surface area (Å²) < 4.78 is 0.989. The van der Waals surface area contributed by atoms with Crippen molar-refractivity contribution in [2.45, 2.75) is 0 Å². The topological polar surface area (TPSA) is 54.2 Å². The van der Waals surface area contributed by atoms with Gasteiger partial charge in [-0.15, -0.1) is 0 Å². The highest BCUT2D eigenvalue weighted by Gasteiger charge is 2.00. The minimum atomic E-state index is 0.679. The Bertz CT molecular complexity index is 471. The number of H-pyrrole nitrogens is 1. The number of nitrogens with one attached hydrogen (secondary N) is 1. The standard InChI is InChI=1S/C7H6ClN3S/c8-4-2-1-3-5-6(4)12-7(10-5)11-9/h1-3H,9H2,(H,10,11). The molecule has 3 N–H and O–H groups in total. The van der Waals surface area contributed by atoms with Crippen LogP contribution >= 0.6 is 22.9 Å². The summed E-state index contributed by atoms with van der Waals surface area (Å²) in [4.78, 5) is 3.71. The van der Waals surface area contributed by atoms with Crippen LogP contribution in [0.2, 0.25) is 5.02 Å². The highest BCUT2D eigenvalue weighted by atomic mass is 35.5. The number of halogens is 1. The largest absolute Gasteiger partial charge is 0.329 e. The second-order valence-electron chi connectivity index (χ2n) is 2.28. The van der Waals surface area contributed by atoms with E-state index in [2.05, 4.69) is 10.1 Å². The van der Waals surface area contributed by atoms with Crippen LogP contribution in [0.4, 0.5) is 0 Å². The van der Waals surface area contributed by atoms with E-state index < -0.39 is 0 Å². The van der Waals surface area contributed by atoms with Crippen LogP contribution in [0.3, 0.4) is 0 Å². The monoisotopic (exact) mass is 199 g/mol. The van der Waals surface area contributed by atoms with Crippen LogP contribution < -0.4 is 10.6 Å². The van der Waals surface area contributed by atoms with Crippen molar-refractivity contribution in [3.63, 3.8) is 0 Å². The van der Waals surface area contributed by atoms with E-state index in [1.54, 1.807) is 0 Å². The molecule has 0 aliphatic heterocycles. The SMILES string of the molecule is N/N=c1/[nH]c2cccc(Cl)c2s1. The van der Waals surface area contributed by atoms with Crippen molar-refractivity contribution in [3.8, 4) is 0 Å². The lowest BCUT2D eigenvalue weighted by molar-refractivity contribution is 1.11. The molecular formula is C7H6ClN3S. The van der Waals surface area contributed by atoms with E-state index in [0.717, 1.165) is 15.2 Å². The average molecular weight is 200 g/mol. The number of rotatable bonds is 0. The fraction of sp³-hybridized carbons (Fsp3) is 0. The van der Waals surface area contributed by atoms with Crippen LogP contribution in [0.5, 0.6) is 0 Å². The van der Waals surface area contributed by atoms with Gasteiger partial charge in [0, 0.05) is 0 Å². The first-order valence-electron chi connectivity index (χ1n) is 3.32. The van der Waals surface area contributed by atoms with Gasteiger partial charge in [0.05, 0.1) is 15.2 Å². The number of fused-ring (bicyclic) bond motifs is 1. The first-order valence-corrected chi connectivity index (χ1v) is 4.52. The van der Waals surface area contributed by atoms with Crippen LogP contribution in [0, 0.1) is 0 Å². The van der Waals surface area contributed by atoms with Crippen molar-refractivity contribution in [1.29, 1.82) is 0 Å². The second-order valence-corrected chi connectivity index (χ2v) is 3.68. The Balaban J connectivity index is 2.92. The van der Waals surface area contributed by atoms with E-state index in [-0.39, 0.29) is 0 Å². The highest BCUT2D eigenvalue weighted by Crippen LogP contribution is 2.23. The lowest BCUT2D eigenvalue weighted by atomic mass is 10.3. The van der Waals surface area contributed by atoms with Crippen molar-refractivity contribution >= 4 is 33.2 Å². The summed E-state index contributed by atoms with van der Waals surface area (Å²) in [6.45, 7) is 0. The lowest BCUT2D eigenvalue weighted by Crippen LogP contribution is -2.00. The van der Waals surface area contributed by atoms with Gasteiger partial charge >= 0.3 is 0 Å². The van der Waals surface area contributed by atoms with Gasteiger partial charge in [-0.1, -0.05) is 29.0 Å². The molecule has 1 aromatic carbocycles. The molecule has 0 amide bonds. The van der Waals surface area contributed by atoms with Crippen molar-refractivity contribution in [2.24, 2.45) is 10.9 Å². The molecule has 12 heavy (non-hydrogen) atoms. The van der Waals surface area contributed by atoms with Crippen molar-refractivity contribution in [1.82, 2.24) is 4.98 Å². The maximum atomic E-state index is 5.94. The smallest absolute Gasteiger partial charge is 0.205 e. The van der Waals surface area contributed by atoms with Gasteiger partial charge in [-0.25, -0.2) is 0 Å². The number of hydrogen-bond donors (Lipinski definition) is 2. The minimum absolute atomic E-state index is 0.679. The summed E-state index contributed by atoms with van der Waals surface area (Å²) in [7, 11) is 0. The predicted octanol–water partition coefficient (Wildman–Crippen LogP) is 1.66. The Hall–Kier alpha value is -1.000. The maximum Gasteiger partial charge on any atom is 0.205 e. The summed E-state index contributed by atoms with van der Waals surface area (Å²) in [5.74, 6) is 5.12. The summed E-state index contributed by atoms with van der Waals surface area (Å²) in [6.07, 6.45) is 0. The molecule has 0 aliphatic rings. The molecule has 0 unspecified atom stereocenters. The Morgan fingerprint density at radius 1 is 1.50 bits per heavy atom. The summed E-state index contributed by atoms with van der Waals surface area (Å²) in [6, 6.07) is 5.66. The molecule has 5 heteroatoms. The zero-order chi connectivity index (χ0) is 8.55. The average Bonchev–Trinajstić information content (AvgIpc) is 2.49. The van der Waals surface area contributed by atoms with E-state index in [4.69, 9.17) is 17.4 Å². The third-order valence-electron chi connectivity index (χ3n) is 1.52. The molecule has 0 saturated heterocycles. The normalized spacial score (nSPS) is 12.6. The van der Waals surface area contributed by atoms with Crippen LogP contribution in [0.1, 0.15) is 0 Å². The molecule has 1 aromatic heterocycles. The van der Waals surface area contributed by atoms with Crippen LogP contribution in [-0.2, 0) is 0 Å². The fourth-order valence-electron chi connectivity index (χ4n) is 1.01. The number of aromatic amines is 1. The third kappa shape index (κ3) is 1.09. The van der Waals surface area contributed by atoms with Gasteiger partial charge in [0.15, 0.2) is 0 Å². The van der Waals surface area contributed by atoms with E-state index in [9.17, 15) is 0 Å². The van der Waals surface area contributed by atoms with E-state index in [0.29, 0.717) is 4.80 Å². The summed E-state index contributed by atoms with van der Waals surface area (Å²) in [5.41, 5.74) is 0.969. The molecule has 0 bridgehead atoms. The van der Waals surface area contributed by atoms with Gasteiger partial charge in [0.1, 0.15) is 0 Å². The summed E-state index contributed by atoms with van der Waals surface area (Å²) >= 11 is 7.38. The molecule has 0 radical (unpaired) electrons. The number of hydrogen-bond acceptors (Lipinski definition) is 3. The first-order chi connectivity index (χ1) is 5.81. The zero-order valence-electron chi connectivity index (χ0n) is 6.04. The van der Waals surface area contributed by atoms with E-state index >= 15 is 0 Å². The molecule has 0 atom stereocenters. The van der Waals surface area contributed by atoms with Gasteiger partial charge in [-0.05, 0) is 12.1 Å². The number of aromatic nitrogens is 1. The Morgan fingerprint density at radius 2 is 2.33 bits per heavy atom. The van der Waals surface area contributed by atoms with Crippen LogP contribution in [0.25, 0.3) is 10.2 Å². The highest BCUT2D eigenvalue weighted by molar-refractivity contribution is 7.17. The zero-order valence-corrected chi connectivity index (χ0v) is 7.62. The quantitative estimate of drug-likeness (QED) is 0.492. The molecule has 0 aliphatic carbocycles. The number of benzene rings is 1. The van der Waals surface area contributed by atoms with Gasteiger partial charge in [-0.2, -0.15) is 5.10 Å². The maximum absolute atomic E-state index is 5.94. The van der Waals surface area contributed by atoms with Crippen molar-refractivity contribution in [3.05, 3.63) is 28.0 Å². The number of nitrogens with zero attached hydrogens (tertiary/aromatic N) is 1. The number of thiazole rings is 1. The molecule has 1 heterocycles. The molecule has 0 spiro atoms. The molecule has 3 nitrogen and oxygen atoms in total. The van der Waals surface area contributed by atoms with Crippen LogP contribution in [-0.4, -0.2) is 4.98 Å². The second kappa shape index (κ2) is 2.80. The molecular weight excluding hydrogens is 194 g/mol. The Kier molecular flexibility index (Phi) is 1.78. The van der Waals surface area contributed by atoms with Gasteiger partial charge in [0.2, 0.25) is 4.80 Å². The molecule has 62 valence electrons. The fourth-order valence-corrected chi connectivity index (χ4v) is 2.10. The van der Waals surface area contributed by atoms with Crippen molar-refractivity contribution in [2.75, 3.05) is 0 Å². The Labute approximate surface area is 77.5 Å². The molecule has 0 fully saturated rings. The molecule has 2 rings (SSSR count). The van der Waals surface area contributed by atoms with Gasteiger partial charge in [-0.3, -0.25) is 0 Å². The predicted molar refractivity (Wildman–Crippen MR) is 50.9 cm³/mol. The third-order valence-corrected chi connectivity index (χ3v) is 3.00. The van der Waals surface area contributed by atoms with E-state index in [1.165, 1.54) is 11.3 Å². The van der Waals surface area contributed by atoms with E-state index in [1.807, 2.05) is 18.2 Å². The van der Waals surface area contributed by atoms with Gasteiger partial charge in [0.25, 0.3) is 0 Å². The Morgan fingerprint density at radius 3 is 3.00 bits per heavy atom.